The van der Waals surface area contributed by atoms with Crippen LogP contribution in [0, 0.1) is 0 Å². The summed E-state index contributed by atoms with van der Waals surface area (Å²) in [6.07, 6.45) is 0. The second-order valence-corrected chi connectivity index (χ2v) is 6.96. The molecular formula is C21H25N3O4. The van der Waals surface area contributed by atoms with Gasteiger partial charge in [-0.05, 0) is 35.4 Å². The van der Waals surface area contributed by atoms with Gasteiger partial charge in [0, 0.05) is 39.3 Å². The second-order valence-electron chi connectivity index (χ2n) is 6.96. The summed E-state index contributed by atoms with van der Waals surface area (Å²) in [6, 6.07) is 13.8. The fourth-order valence-corrected chi connectivity index (χ4v) is 3.48. The van der Waals surface area contributed by atoms with Gasteiger partial charge in [-0.15, -0.1) is 0 Å². The van der Waals surface area contributed by atoms with E-state index in [1.165, 1.54) is 5.56 Å². The van der Waals surface area contributed by atoms with Crippen LogP contribution < -0.4 is 19.5 Å². The number of nitrogens with one attached hydrogen (secondary N) is 1. The van der Waals surface area contributed by atoms with Gasteiger partial charge in [0.2, 0.25) is 6.79 Å². The van der Waals surface area contributed by atoms with Crippen LogP contribution in [0.15, 0.2) is 42.5 Å². The molecule has 0 radical (unpaired) electrons. The molecule has 2 amide bonds. The van der Waals surface area contributed by atoms with Crippen LogP contribution in [0.25, 0.3) is 0 Å². The molecule has 7 nitrogen and oxygen atoms in total. The molecule has 1 saturated heterocycles. The summed E-state index contributed by atoms with van der Waals surface area (Å²) in [7, 11) is 1.64. The number of amides is 2. The van der Waals surface area contributed by atoms with E-state index in [1.54, 1.807) is 7.11 Å². The van der Waals surface area contributed by atoms with Crippen molar-refractivity contribution in [3.63, 3.8) is 0 Å². The minimum Gasteiger partial charge on any atom is -0.497 e. The molecule has 1 N–H and O–H groups in total. The van der Waals surface area contributed by atoms with Crippen LogP contribution in [0.4, 0.5) is 4.79 Å². The van der Waals surface area contributed by atoms with Crippen LogP contribution >= 0.6 is 0 Å². The predicted molar refractivity (Wildman–Crippen MR) is 105 cm³/mol. The molecule has 0 unspecified atom stereocenters. The lowest BCUT2D eigenvalue weighted by Crippen LogP contribution is -2.51. The van der Waals surface area contributed by atoms with Gasteiger partial charge in [0.05, 0.1) is 7.11 Å². The molecule has 0 spiro atoms. The summed E-state index contributed by atoms with van der Waals surface area (Å²) in [5, 5.41) is 3.00. The van der Waals surface area contributed by atoms with Gasteiger partial charge in [-0.25, -0.2) is 4.79 Å². The number of ether oxygens (including phenoxy) is 3. The van der Waals surface area contributed by atoms with Gasteiger partial charge >= 0.3 is 6.03 Å². The predicted octanol–water partition coefficient (Wildman–Crippen LogP) is 2.45. The molecule has 0 bridgehead atoms. The molecule has 7 heteroatoms. The maximum Gasteiger partial charge on any atom is 0.317 e. The first-order valence-corrected chi connectivity index (χ1v) is 9.48. The van der Waals surface area contributed by atoms with Gasteiger partial charge in [0.1, 0.15) is 5.75 Å². The van der Waals surface area contributed by atoms with Crippen LogP contribution in [0.1, 0.15) is 11.1 Å². The van der Waals surface area contributed by atoms with Gasteiger partial charge in [0.15, 0.2) is 11.5 Å². The molecule has 0 atom stereocenters. The Kier molecular flexibility index (Phi) is 5.53. The Bertz CT molecular complexity index is 834. The van der Waals surface area contributed by atoms with E-state index >= 15 is 0 Å². The van der Waals surface area contributed by atoms with E-state index in [0.717, 1.165) is 42.4 Å². The number of methoxy groups -OCH3 is 1. The summed E-state index contributed by atoms with van der Waals surface area (Å²) in [4.78, 5) is 16.7. The smallest absolute Gasteiger partial charge is 0.317 e. The molecule has 2 aromatic rings. The molecule has 148 valence electrons. The van der Waals surface area contributed by atoms with Crippen molar-refractivity contribution in [2.24, 2.45) is 0 Å². The van der Waals surface area contributed by atoms with Crippen molar-refractivity contribution >= 4 is 6.03 Å². The van der Waals surface area contributed by atoms with Crippen molar-refractivity contribution < 1.29 is 19.0 Å². The lowest BCUT2D eigenvalue weighted by Gasteiger charge is -2.34. The summed E-state index contributed by atoms with van der Waals surface area (Å²) in [5.41, 5.74) is 2.22. The zero-order valence-electron chi connectivity index (χ0n) is 16.0. The topological polar surface area (TPSA) is 63.3 Å². The number of hydrogen-bond acceptors (Lipinski definition) is 5. The minimum absolute atomic E-state index is 0.0226. The molecule has 28 heavy (non-hydrogen) atoms. The highest BCUT2D eigenvalue weighted by atomic mass is 16.7. The van der Waals surface area contributed by atoms with E-state index in [-0.39, 0.29) is 6.03 Å². The fourth-order valence-electron chi connectivity index (χ4n) is 3.48. The summed E-state index contributed by atoms with van der Waals surface area (Å²) >= 11 is 0. The zero-order valence-corrected chi connectivity index (χ0v) is 16.0. The van der Waals surface area contributed by atoms with Crippen molar-refractivity contribution in [2.75, 3.05) is 40.1 Å². The SMILES string of the molecule is COc1cccc(CNC(=O)N2CCN(Cc3ccc4c(c3)OCO4)CC2)c1. The van der Waals surface area contributed by atoms with Crippen LogP contribution in [-0.2, 0) is 13.1 Å². The Morgan fingerprint density at radius 3 is 2.68 bits per heavy atom. The second kappa shape index (κ2) is 8.39. The van der Waals surface area contributed by atoms with Gasteiger partial charge in [-0.2, -0.15) is 0 Å². The molecule has 0 aliphatic carbocycles. The van der Waals surface area contributed by atoms with Gasteiger partial charge in [-0.3, -0.25) is 4.90 Å². The van der Waals surface area contributed by atoms with E-state index in [4.69, 9.17) is 14.2 Å². The number of carbonyl (C=O) groups excluding carboxylic acids is 1. The molecule has 2 aliphatic heterocycles. The zero-order chi connectivity index (χ0) is 19.3. The molecule has 0 saturated carbocycles. The molecule has 2 aromatic carbocycles. The van der Waals surface area contributed by atoms with Gasteiger partial charge < -0.3 is 24.4 Å². The molecule has 1 fully saturated rings. The molecule has 0 aromatic heterocycles. The van der Waals surface area contributed by atoms with Crippen molar-refractivity contribution in [2.45, 2.75) is 13.1 Å². The third-order valence-corrected chi connectivity index (χ3v) is 5.08. The third-order valence-electron chi connectivity index (χ3n) is 5.08. The number of rotatable bonds is 5. The number of fused-ring (bicyclic) bond motifs is 1. The van der Waals surface area contributed by atoms with Crippen LogP contribution in [0.2, 0.25) is 0 Å². The average molecular weight is 383 g/mol. The van der Waals surface area contributed by atoms with Crippen molar-refractivity contribution in [1.82, 2.24) is 15.1 Å². The summed E-state index contributed by atoms with van der Waals surface area (Å²) in [5.74, 6) is 2.42. The van der Waals surface area contributed by atoms with Gasteiger partial charge in [0.25, 0.3) is 0 Å². The largest absolute Gasteiger partial charge is 0.497 e. The molecule has 2 heterocycles. The highest BCUT2D eigenvalue weighted by Gasteiger charge is 2.22. The van der Waals surface area contributed by atoms with Crippen molar-refractivity contribution in [1.29, 1.82) is 0 Å². The standard InChI is InChI=1S/C21H25N3O4/c1-26-18-4-2-3-16(11-18)13-22-21(25)24-9-7-23(8-10-24)14-17-5-6-19-20(12-17)28-15-27-19/h2-6,11-12H,7-10,13-15H2,1H3,(H,22,25). The van der Waals surface area contributed by atoms with E-state index in [0.29, 0.717) is 26.4 Å². The highest BCUT2D eigenvalue weighted by Crippen LogP contribution is 2.32. The number of hydrogen-bond donors (Lipinski definition) is 1. The fraction of sp³-hybridized carbons (Fsp3) is 0.381. The third kappa shape index (κ3) is 4.31. The highest BCUT2D eigenvalue weighted by molar-refractivity contribution is 5.74. The summed E-state index contributed by atoms with van der Waals surface area (Å²) < 4.78 is 16.0. The molecule has 4 rings (SSSR count). The molecule has 2 aliphatic rings. The number of urea groups is 1. The minimum atomic E-state index is -0.0226. The van der Waals surface area contributed by atoms with Crippen LogP contribution in [0.3, 0.4) is 0 Å². The maximum atomic E-state index is 12.5. The average Bonchev–Trinajstić information content (AvgIpc) is 3.20. The Morgan fingerprint density at radius 2 is 1.86 bits per heavy atom. The Morgan fingerprint density at radius 1 is 1.04 bits per heavy atom. The van der Waals surface area contributed by atoms with E-state index < -0.39 is 0 Å². The number of piperazine rings is 1. The monoisotopic (exact) mass is 383 g/mol. The van der Waals surface area contributed by atoms with E-state index in [2.05, 4.69) is 16.3 Å². The first-order chi connectivity index (χ1) is 13.7. The Balaban J connectivity index is 1.23. The number of carbonyl (C=O) groups is 1. The lowest BCUT2D eigenvalue weighted by atomic mass is 10.1. The van der Waals surface area contributed by atoms with Crippen molar-refractivity contribution in [3.05, 3.63) is 53.6 Å². The Hall–Kier alpha value is -2.93. The van der Waals surface area contributed by atoms with E-state index in [9.17, 15) is 4.79 Å². The number of benzene rings is 2. The normalized spacial score (nSPS) is 16.1. The number of nitrogens with zero attached hydrogens (tertiary/aromatic N) is 2. The van der Waals surface area contributed by atoms with E-state index in [1.807, 2.05) is 41.3 Å². The summed E-state index contributed by atoms with van der Waals surface area (Å²) in [6.45, 7) is 4.76. The van der Waals surface area contributed by atoms with Crippen molar-refractivity contribution in [3.8, 4) is 17.2 Å². The van der Waals surface area contributed by atoms with Crippen LogP contribution in [-0.4, -0.2) is 55.9 Å². The first kappa shape index (κ1) is 18.4. The maximum absolute atomic E-state index is 12.5. The van der Waals surface area contributed by atoms with Gasteiger partial charge in [-0.1, -0.05) is 18.2 Å². The lowest BCUT2D eigenvalue weighted by molar-refractivity contribution is 0.135. The quantitative estimate of drug-likeness (QED) is 0.859. The van der Waals surface area contributed by atoms with Crippen LogP contribution in [0.5, 0.6) is 17.2 Å². The first-order valence-electron chi connectivity index (χ1n) is 9.48. The Labute approximate surface area is 164 Å². The molecular weight excluding hydrogens is 358 g/mol.